The second-order valence-corrected chi connectivity index (χ2v) is 6.53. The van der Waals surface area contributed by atoms with Crippen molar-refractivity contribution in [3.05, 3.63) is 47.0 Å². The molecule has 1 aliphatic heterocycles. The van der Waals surface area contributed by atoms with Gasteiger partial charge in [-0.05, 0) is 60.3 Å². The summed E-state index contributed by atoms with van der Waals surface area (Å²) in [5.41, 5.74) is 6.29. The summed E-state index contributed by atoms with van der Waals surface area (Å²) in [6, 6.07) is 10.7. The Hall–Kier alpha value is -1.78. The Morgan fingerprint density at radius 1 is 1.24 bits per heavy atom. The summed E-state index contributed by atoms with van der Waals surface area (Å²) in [4.78, 5) is 2.43. The first-order chi connectivity index (χ1) is 11.7. The van der Waals surface area contributed by atoms with E-state index in [1.165, 1.54) is 22.3 Å². The van der Waals surface area contributed by atoms with Crippen LogP contribution in [0.5, 0.6) is 11.5 Å². The number of fused-ring (bicyclic) bond motifs is 2. The lowest BCUT2D eigenvalue weighted by atomic mass is 9.77. The SMILES string of the molecule is COc1cc2c3c(c1)-c1c(cccc1OCCF)C[C@H]3N(C)CC2.Cl. The fourth-order valence-electron chi connectivity index (χ4n) is 4.07. The molecule has 0 aromatic heterocycles. The molecule has 0 saturated carbocycles. The van der Waals surface area contributed by atoms with Crippen LogP contribution in [-0.2, 0) is 12.8 Å². The molecule has 1 aliphatic carbocycles. The highest BCUT2D eigenvalue weighted by molar-refractivity contribution is 5.85. The van der Waals surface area contributed by atoms with Gasteiger partial charge in [0, 0.05) is 18.2 Å². The number of benzene rings is 2. The van der Waals surface area contributed by atoms with Gasteiger partial charge in [-0.3, -0.25) is 4.90 Å². The smallest absolute Gasteiger partial charge is 0.127 e. The van der Waals surface area contributed by atoms with E-state index in [-0.39, 0.29) is 19.0 Å². The van der Waals surface area contributed by atoms with Crippen molar-refractivity contribution in [2.45, 2.75) is 18.9 Å². The quantitative estimate of drug-likeness (QED) is 0.812. The highest BCUT2D eigenvalue weighted by Crippen LogP contribution is 2.49. The van der Waals surface area contributed by atoms with Gasteiger partial charge in [0.1, 0.15) is 24.8 Å². The summed E-state index contributed by atoms with van der Waals surface area (Å²) in [6.45, 7) is 0.662. The molecule has 25 heavy (non-hydrogen) atoms. The van der Waals surface area contributed by atoms with Crippen molar-refractivity contribution < 1.29 is 13.9 Å². The molecule has 0 N–H and O–H groups in total. The number of ether oxygens (including phenoxy) is 2. The lowest BCUT2D eigenvalue weighted by molar-refractivity contribution is 0.227. The minimum atomic E-state index is -0.481. The largest absolute Gasteiger partial charge is 0.497 e. The van der Waals surface area contributed by atoms with Gasteiger partial charge in [0.05, 0.1) is 7.11 Å². The van der Waals surface area contributed by atoms with Crippen molar-refractivity contribution in [3.8, 4) is 22.6 Å². The topological polar surface area (TPSA) is 21.7 Å². The molecule has 3 nitrogen and oxygen atoms in total. The Morgan fingerprint density at radius 3 is 2.84 bits per heavy atom. The number of hydrogen-bond donors (Lipinski definition) is 0. The van der Waals surface area contributed by atoms with Gasteiger partial charge in [0.15, 0.2) is 0 Å². The van der Waals surface area contributed by atoms with E-state index in [1.54, 1.807) is 7.11 Å². The van der Waals surface area contributed by atoms with E-state index < -0.39 is 6.67 Å². The summed E-state index contributed by atoms with van der Waals surface area (Å²) in [5.74, 6) is 1.65. The maximum Gasteiger partial charge on any atom is 0.127 e. The highest BCUT2D eigenvalue weighted by Gasteiger charge is 2.34. The van der Waals surface area contributed by atoms with Crippen LogP contribution < -0.4 is 9.47 Å². The number of likely N-dealkylation sites (N-methyl/N-ethyl adjacent to an activating group) is 1. The number of halogens is 2. The molecule has 2 aromatic rings. The Kier molecular flexibility index (Phi) is 5.21. The van der Waals surface area contributed by atoms with E-state index in [0.29, 0.717) is 6.04 Å². The lowest BCUT2D eigenvalue weighted by Gasteiger charge is -2.40. The molecular weight excluding hydrogens is 341 g/mol. The van der Waals surface area contributed by atoms with Crippen LogP contribution in [-0.4, -0.2) is 38.9 Å². The molecule has 134 valence electrons. The van der Waals surface area contributed by atoms with Crippen LogP contribution in [0, 0.1) is 0 Å². The van der Waals surface area contributed by atoms with Gasteiger partial charge in [-0.2, -0.15) is 0 Å². The van der Waals surface area contributed by atoms with Crippen LogP contribution in [0.3, 0.4) is 0 Å². The van der Waals surface area contributed by atoms with Gasteiger partial charge in [-0.25, -0.2) is 4.39 Å². The van der Waals surface area contributed by atoms with Crippen LogP contribution in [0.25, 0.3) is 11.1 Å². The Labute approximate surface area is 154 Å². The molecule has 0 saturated heterocycles. The zero-order valence-electron chi connectivity index (χ0n) is 14.5. The minimum Gasteiger partial charge on any atom is -0.497 e. The number of nitrogens with zero attached hydrogens (tertiary/aromatic N) is 1. The molecule has 0 amide bonds. The molecule has 4 rings (SSSR count). The van der Waals surface area contributed by atoms with Crippen molar-refractivity contribution in [3.63, 3.8) is 0 Å². The van der Waals surface area contributed by atoms with Crippen molar-refractivity contribution >= 4 is 12.4 Å². The zero-order valence-corrected chi connectivity index (χ0v) is 15.4. The standard InChI is InChI=1S/C20H22FNO2.ClH/c1-22-8-6-14-10-15(23-2)12-16-19(14)17(22)11-13-4-3-5-18(20(13)16)24-9-7-21;/h3-5,10,12,17H,6-9,11H2,1-2H3;1H/t17-;/m1./s1. The van der Waals surface area contributed by atoms with E-state index in [2.05, 4.69) is 30.1 Å². The van der Waals surface area contributed by atoms with Gasteiger partial charge in [-0.15, -0.1) is 12.4 Å². The third-order valence-electron chi connectivity index (χ3n) is 5.20. The fourth-order valence-corrected chi connectivity index (χ4v) is 4.07. The predicted molar refractivity (Wildman–Crippen MR) is 99.9 cm³/mol. The Balaban J connectivity index is 0.00000182. The van der Waals surface area contributed by atoms with Crippen LogP contribution in [0.2, 0.25) is 0 Å². The number of alkyl halides is 1. The maximum absolute atomic E-state index is 12.6. The lowest BCUT2D eigenvalue weighted by Crippen LogP contribution is -2.35. The van der Waals surface area contributed by atoms with Gasteiger partial charge in [-0.1, -0.05) is 12.1 Å². The van der Waals surface area contributed by atoms with Gasteiger partial charge < -0.3 is 9.47 Å². The predicted octanol–water partition coefficient (Wildman–Crippen LogP) is 4.22. The number of rotatable bonds is 4. The molecule has 1 heterocycles. The van der Waals surface area contributed by atoms with Crippen molar-refractivity contribution in [2.24, 2.45) is 0 Å². The normalized spacial score (nSPS) is 18.0. The third-order valence-corrected chi connectivity index (χ3v) is 5.20. The first-order valence-corrected chi connectivity index (χ1v) is 8.45. The molecule has 0 fully saturated rings. The van der Waals surface area contributed by atoms with E-state index in [1.807, 2.05) is 12.1 Å². The Morgan fingerprint density at radius 2 is 2.08 bits per heavy atom. The zero-order chi connectivity index (χ0) is 16.7. The van der Waals surface area contributed by atoms with Gasteiger partial charge in [0.2, 0.25) is 0 Å². The fraction of sp³-hybridized carbons (Fsp3) is 0.400. The van der Waals surface area contributed by atoms with Crippen molar-refractivity contribution in [1.82, 2.24) is 4.90 Å². The molecule has 0 radical (unpaired) electrons. The van der Waals surface area contributed by atoms with Crippen LogP contribution in [0.15, 0.2) is 30.3 Å². The van der Waals surface area contributed by atoms with E-state index in [9.17, 15) is 4.39 Å². The maximum atomic E-state index is 12.6. The summed E-state index contributed by atoms with van der Waals surface area (Å²) in [6.07, 6.45) is 1.99. The highest BCUT2D eigenvalue weighted by atomic mass is 35.5. The second kappa shape index (κ2) is 7.22. The summed E-state index contributed by atoms with van der Waals surface area (Å²) < 4.78 is 23.9. The average Bonchev–Trinajstić information content (AvgIpc) is 2.62. The molecule has 0 bridgehead atoms. The van der Waals surface area contributed by atoms with Gasteiger partial charge in [0.25, 0.3) is 0 Å². The molecule has 2 aliphatic rings. The first-order valence-electron chi connectivity index (χ1n) is 8.45. The van der Waals surface area contributed by atoms with Crippen LogP contribution in [0.1, 0.15) is 22.7 Å². The van der Waals surface area contributed by atoms with Gasteiger partial charge >= 0.3 is 0 Å². The minimum absolute atomic E-state index is 0. The third kappa shape index (κ3) is 2.98. The second-order valence-electron chi connectivity index (χ2n) is 6.53. The Bertz CT molecular complexity index is 781. The van der Waals surface area contributed by atoms with Crippen LogP contribution >= 0.6 is 12.4 Å². The first kappa shape index (κ1) is 18.0. The monoisotopic (exact) mass is 363 g/mol. The number of methoxy groups -OCH3 is 1. The van der Waals surface area contributed by atoms with Crippen LogP contribution in [0.4, 0.5) is 4.39 Å². The molecule has 1 atom stereocenters. The summed E-state index contributed by atoms with van der Waals surface area (Å²) in [5, 5.41) is 0. The molecule has 0 spiro atoms. The molecule has 2 aromatic carbocycles. The molecule has 0 unspecified atom stereocenters. The van der Waals surface area contributed by atoms with Crippen molar-refractivity contribution in [1.29, 1.82) is 0 Å². The average molecular weight is 364 g/mol. The molecule has 5 heteroatoms. The summed E-state index contributed by atoms with van der Waals surface area (Å²) in [7, 11) is 3.90. The van der Waals surface area contributed by atoms with Crippen molar-refractivity contribution in [2.75, 3.05) is 34.0 Å². The van der Waals surface area contributed by atoms with E-state index in [0.717, 1.165) is 36.4 Å². The molecular formula is C20H23ClFNO2. The van der Waals surface area contributed by atoms with E-state index in [4.69, 9.17) is 9.47 Å². The summed E-state index contributed by atoms with van der Waals surface area (Å²) >= 11 is 0. The van der Waals surface area contributed by atoms with E-state index >= 15 is 0 Å². The number of hydrogen-bond acceptors (Lipinski definition) is 3.